The zero-order chi connectivity index (χ0) is 18.0. The van der Waals surface area contributed by atoms with Crippen LogP contribution in [0.4, 0.5) is 0 Å². The lowest BCUT2D eigenvalue weighted by Gasteiger charge is -2.16. The van der Waals surface area contributed by atoms with E-state index in [1.165, 1.54) is 15.4 Å². The van der Waals surface area contributed by atoms with Crippen LogP contribution in [0.25, 0.3) is 0 Å². The van der Waals surface area contributed by atoms with Crippen LogP contribution in [0, 0.1) is 0 Å². The Bertz CT molecular complexity index is 870. The first-order valence-electron chi connectivity index (χ1n) is 8.23. The van der Waals surface area contributed by atoms with Crippen molar-refractivity contribution in [2.45, 2.75) is 39.4 Å². The summed E-state index contributed by atoms with van der Waals surface area (Å²) in [5.41, 5.74) is 2.27. The second kappa shape index (κ2) is 7.27. The third-order valence-corrected chi connectivity index (χ3v) is 6.52. The van der Waals surface area contributed by atoms with E-state index < -0.39 is 10.0 Å². The third kappa shape index (κ3) is 4.28. The molecular formula is C16H22N4O3S2. The van der Waals surface area contributed by atoms with Gasteiger partial charge in [0.25, 0.3) is 5.91 Å². The van der Waals surface area contributed by atoms with Crippen molar-refractivity contribution in [3.8, 4) is 0 Å². The number of aryl methyl sites for hydroxylation is 2. The first-order chi connectivity index (χ1) is 11.9. The number of nitrogens with one attached hydrogen (secondary N) is 1. The monoisotopic (exact) mass is 382 g/mol. The molecule has 0 spiro atoms. The Labute approximate surface area is 151 Å². The molecule has 0 radical (unpaired) electrons. The predicted octanol–water partition coefficient (Wildman–Crippen LogP) is 1.60. The molecule has 1 amide bonds. The number of hydrogen-bond acceptors (Lipinski definition) is 5. The first-order valence-corrected chi connectivity index (χ1v) is 11.0. The number of aromatic nitrogens is 2. The third-order valence-electron chi connectivity index (χ3n) is 4.19. The highest BCUT2D eigenvalue weighted by Crippen LogP contribution is 2.17. The van der Waals surface area contributed by atoms with Gasteiger partial charge in [0.15, 0.2) is 0 Å². The Morgan fingerprint density at radius 2 is 2.16 bits per heavy atom. The van der Waals surface area contributed by atoms with Gasteiger partial charge in [0, 0.05) is 23.3 Å². The fourth-order valence-electron chi connectivity index (χ4n) is 2.82. The summed E-state index contributed by atoms with van der Waals surface area (Å²) in [5, 5.41) is 9.24. The van der Waals surface area contributed by atoms with Gasteiger partial charge >= 0.3 is 0 Å². The molecule has 7 nitrogen and oxygen atoms in total. The predicted molar refractivity (Wildman–Crippen MR) is 97.0 cm³/mol. The van der Waals surface area contributed by atoms with Crippen molar-refractivity contribution in [3.63, 3.8) is 0 Å². The largest absolute Gasteiger partial charge is 0.346 e. The van der Waals surface area contributed by atoms with Gasteiger partial charge in [-0.2, -0.15) is 9.40 Å². The number of amides is 1. The van der Waals surface area contributed by atoms with Crippen molar-refractivity contribution in [2.75, 3.05) is 12.8 Å². The van der Waals surface area contributed by atoms with Gasteiger partial charge in [0.2, 0.25) is 10.0 Å². The summed E-state index contributed by atoms with van der Waals surface area (Å²) in [4.78, 5) is 13.4. The number of fused-ring (bicyclic) bond motifs is 1. The van der Waals surface area contributed by atoms with Crippen molar-refractivity contribution in [3.05, 3.63) is 39.3 Å². The Morgan fingerprint density at radius 3 is 2.84 bits per heavy atom. The van der Waals surface area contributed by atoms with E-state index in [0.29, 0.717) is 31.7 Å². The maximum atomic E-state index is 12.2. The zero-order valence-corrected chi connectivity index (χ0v) is 16.0. The number of carbonyl (C=O) groups is 1. The van der Waals surface area contributed by atoms with Gasteiger partial charge in [-0.1, -0.05) is 6.92 Å². The molecule has 0 aliphatic carbocycles. The van der Waals surface area contributed by atoms with Crippen LogP contribution in [0.2, 0.25) is 0 Å². The van der Waals surface area contributed by atoms with Gasteiger partial charge in [-0.15, -0.1) is 11.3 Å². The van der Waals surface area contributed by atoms with E-state index in [9.17, 15) is 13.2 Å². The normalized spacial score (nSPS) is 15.6. The molecule has 0 bridgehead atoms. The average molecular weight is 383 g/mol. The molecule has 1 aliphatic rings. The van der Waals surface area contributed by atoms with Gasteiger partial charge < -0.3 is 5.32 Å². The molecular weight excluding hydrogens is 360 g/mol. The highest BCUT2D eigenvalue weighted by Gasteiger charge is 2.22. The number of carbonyl (C=O) groups excluding carboxylic acids is 1. The molecule has 136 valence electrons. The Balaban J connectivity index is 1.66. The number of sulfonamides is 1. The maximum absolute atomic E-state index is 12.2. The summed E-state index contributed by atoms with van der Waals surface area (Å²) in [6, 6.07) is 3.78. The average Bonchev–Trinajstić information content (AvgIpc) is 3.13. The number of rotatable bonds is 5. The van der Waals surface area contributed by atoms with Gasteiger partial charge in [-0.05, 0) is 25.0 Å². The summed E-state index contributed by atoms with van der Waals surface area (Å²) in [7, 11) is -3.22. The summed E-state index contributed by atoms with van der Waals surface area (Å²) < 4.78 is 26.9. The molecule has 0 saturated heterocycles. The number of hydrogen-bond donors (Lipinski definition) is 1. The van der Waals surface area contributed by atoms with Crippen molar-refractivity contribution >= 4 is 27.3 Å². The molecule has 0 aromatic carbocycles. The lowest BCUT2D eigenvalue weighted by Crippen LogP contribution is -2.29. The fraction of sp³-hybridized carbons (Fsp3) is 0.500. The number of nitrogens with zero attached hydrogens (tertiary/aromatic N) is 3. The van der Waals surface area contributed by atoms with Crippen LogP contribution in [0.15, 0.2) is 17.5 Å². The molecule has 3 rings (SSSR count). The van der Waals surface area contributed by atoms with Gasteiger partial charge in [-0.3, -0.25) is 9.48 Å². The van der Waals surface area contributed by atoms with Crippen LogP contribution in [-0.4, -0.2) is 41.2 Å². The highest BCUT2D eigenvalue weighted by atomic mass is 32.2. The minimum atomic E-state index is -3.22. The molecule has 3 heterocycles. The van der Waals surface area contributed by atoms with Crippen LogP contribution >= 0.6 is 11.3 Å². The first kappa shape index (κ1) is 18.1. The molecule has 0 atom stereocenters. The minimum Gasteiger partial charge on any atom is -0.346 e. The Kier molecular flexibility index (Phi) is 5.26. The maximum Gasteiger partial charge on any atom is 0.252 e. The van der Waals surface area contributed by atoms with Crippen LogP contribution in [0.3, 0.4) is 0 Å². The standard InChI is InChI=1S/C16H22N4O3S2/c1-3-15-7-12(11-24-15)16(21)17-9-13-8-14-10-19(25(2,22)23)5-4-6-20(14)18-13/h7-8,11H,3-6,9-10H2,1-2H3,(H,17,21). The van der Waals surface area contributed by atoms with Crippen LogP contribution < -0.4 is 5.32 Å². The van der Waals surface area contributed by atoms with Crippen molar-refractivity contribution < 1.29 is 13.2 Å². The van der Waals surface area contributed by atoms with Crippen LogP contribution in [-0.2, 0) is 36.1 Å². The van der Waals surface area contributed by atoms with Crippen LogP contribution in [0.1, 0.15) is 40.0 Å². The van der Waals surface area contributed by atoms with E-state index in [-0.39, 0.29) is 5.91 Å². The van der Waals surface area contributed by atoms with E-state index in [0.717, 1.165) is 24.2 Å². The molecule has 25 heavy (non-hydrogen) atoms. The van der Waals surface area contributed by atoms with E-state index in [4.69, 9.17) is 0 Å². The SMILES string of the molecule is CCc1cc(C(=O)NCc2cc3n(n2)CCCN(S(C)(=O)=O)C3)cs1. The topological polar surface area (TPSA) is 84.3 Å². The van der Waals surface area contributed by atoms with Crippen molar-refractivity contribution in [1.29, 1.82) is 0 Å². The molecule has 2 aromatic heterocycles. The van der Waals surface area contributed by atoms with E-state index in [1.54, 1.807) is 11.3 Å². The summed E-state index contributed by atoms with van der Waals surface area (Å²) in [5.74, 6) is -0.114. The fourth-order valence-corrected chi connectivity index (χ4v) is 4.46. The molecule has 1 N–H and O–H groups in total. The number of thiophene rings is 1. The van der Waals surface area contributed by atoms with Gasteiger partial charge in [0.05, 0.1) is 36.3 Å². The van der Waals surface area contributed by atoms with Crippen LogP contribution in [0.5, 0.6) is 0 Å². The molecule has 0 fully saturated rings. The van der Waals surface area contributed by atoms with Gasteiger partial charge in [-0.25, -0.2) is 8.42 Å². The summed E-state index contributed by atoms with van der Waals surface area (Å²) >= 11 is 1.58. The van der Waals surface area contributed by atoms with Gasteiger partial charge in [0.1, 0.15) is 0 Å². The van der Waals surface area contributed by atoms with Crippen molar-refractivity contribution in [2.24, 2.45) is 0 Å². The highest BCUT2D eigenvalue weighted by molar-refractivity contribution is 7.88. The van der Waals surface area contributed by atoms with E-state index >= 15 is 0 Å². The molecule has 9 heteroatoms. The van der Waals surface area contributed by atoms with E-state index in [1.807, 2.05) is 22.2 Å². The van der Waals surface area contributed by atoms with E-state index in [2.05, 4.69) is 17.3 Å². The quantitative estimate of drug-likeness (QED) is 0.851. The van der Waals surface area contributed by atoms with Crippen molar-refractivity contribution in [1.82, 2.24) is 19.4 Å². The Hall–Kier alpha value is -1.71. The molecule has 0 saturated carbocycles. The Morgan fingerprint density at radius 1 is 1.36 bits per heavy atom. The minimum absolute atomic E-state index is 0.114. The summed E-state index contributed by atoms with van der Waals surface area (Å²) in [6.07, 6.45) is 2.87. The second-order valence-corrected chi connectivity index (χ2v) is 9.12. The second-order valence-electron chi connectivity index (χ2n) is 6.14. The lowest BCUT2D eigenvalue weighted by atomic mass is 10.2. The zero-order valence-electron chi connectivity index (χ0n) is 14.4. The lowest BCUT2D eigenvalue weighted by molar-refractivity contribution is 0.0950. The molecule has 1 aliphatic heterocycles. The molecule has 0 unspecified atom stereocenters. The molecule has 2 aromatic rings. The summed E-state index contributed by atoms with van der Waals surface area (Å²) in [6.45, 7) is 3.90. The smallest absolute Gasteiger partial charge is 0.252 e.